The zero-order valence-corrected chi connectivity index (χ0v) is 13.1. The molecule has 122 valence electrons. The summed E-state index contributed by atoms with van der Waals surface area (Å²) in [6.07, 6.45) is 0.356. The van der Waals surface area contributed by atoms with Crippen molar-refractivity contribution in [3.05, 3.63) is 53.2 Å². The van der Waals surface area contributed by atoms with Crippen molar-refractivity contribution in [2.45, 2.75) is 25.8 Å². The fourth-order valence-electron chi connectivity index (χ4n) is 2.28. The van der Waals surface area contributed by atoms with Crippen LogP contribution in [0.4, 0.5) is 14.6 Å². The SMILES string of the molecule is CC1(C)CC(=O)N(c2ccc(C#Cc3cc(F)ccc3F)nn2)N1. The first-order valence-electron chi connectivity index (χ1n) is 7.26. The largest absolute Gasteiger partial charge is 0.273 e. The van der Waals surface area contributed by atoms with Crippen LogP contribution in [0.1, 0.15) is 31.5 Å². The van der Waals surface area contributed by atoms with Crippen LogP contribution >= 0.6 is 0 Å². The number of aromatic nitrogens is 2. The summed E-state index contributed by atoms with van der Waals surface area (Å²) in [6, 6.07) is 6.20. The van der Waals surface area contributed by atoms with Crippen molar-refractivity contribution in [2.75, 3.05) is 5.01 Å². The van der Waals surface area contributed by atoms with Crippen LogP contribution in [0.2, 0.25) is 0 Å². The number of halogens is 2. The Hall–Kier alpha value is -2.85. The van der Waals surface area contributed by atoms with Crippen LogP contribution in [0, 0.1) is 23.5 Å². The second-order valence-corrected chi connectivity index (χ2v) is 6.05. The van der Waals surface area contributed by atoms with Crippen LogP contribution in [0.25, 0.3) is 0 Å². The van der Waals surface area contributed by atoms with Crippen molar-refractivity contribution in [1.29, 1.82) is 0 Å². The van der Waals surface area contributed by atoms with Gasteiger partial charge < -0.3 is 0 Å². The number of hydrogen-bond donors (Lipinski definition) is 1. The van der Waals surface area contributed by atoms with Crippen LogP contribution in [-0.2, 0) is 4.79 Å². The van der Waals surface area contributed by atoms with E-state index in [1.807, 2.05) is 13.8 Å². The average molecular weight is 328 g/mol. The number of rotatable bonds is 1. The molecule has 3 rings (SSSR count). The van der Waals surface area contributed by atoms with Crippen LogP contribution < -0.4 is 10.4 Å². The molecule has 0 atom stereocenters. The minimum atomic E-state index is -0.609. The van der Waals surface area contributed by atoms with Gasteiger partial charge in [-0.25, -0.2) is 19.2 Å². The van der Waals surface area contributed by atoms with Crippen LogP contribution in [0.5, 0.6) is 0 Å². The third-order valence-electron chi connectivity index (χ3n) is 3.39. The van der Waals surface area contributed by atoms with Crippen molar-refractivity contribution < 1.29 is 13.6 Å². The number of hydrazine groups is 1. The fourth-order valence-corrected chi connectivity index (χ4v) is 2.28. The van der Waals surface area contributed by atoms with Gasteiger partial charge in [-0.3, -0.25) is 4.79 Å². The number of amides is 1. The summed E-state index contributed by atoms with van der Waals surface area (Å²) in [7, 11) is 0. The minimum Gasteiger partial charge on any atom is -0.273 e. The van der Waals surface area contributed by atoms with Gasteiger partial charge in [-0.2, -0.15) is 0 Å². The van der Waals surface area contributed by atoms with Gasteiger partial charge in [-0.05, 0) is 50.1 Å². The Morgan fingerprint density at radius 1 is 1.17 bits per heavy atom. The lowest BCUT2D eigenvalue weighted by Crippen LogP contribution is -2.43. The van der Waals surface area contributed by atoms with Crippen molar-refractivity contribution in [3.63, 3.8) is 0 Å². The zero-order chi connectivity index (χ0) is 17.3. The van der Waals surface area contributed by atoms with Gasteiger partial charge in [-0.1, -0.05) is 5.92 Å². The fraction of sp³-hybridized carbons (Fsp3) is 0.235. The molecule has 2 aromatic rings. The minimum absolute atomic E-state index is 0.0565. The van der Waals surface area contributed by atoms with E-state index in [9.17, 15) is 13.6 Å². The quantitative estimate of drug-likeness (QED) is 0.815. The molecule has 0 saturated carbocycles. The molecule has 7 heteroatoms. The summed E-state index contributed by atoms with van der Waals surface area (Å²) in [5.74, 6) is 4.22. The van der Waals surface area contributed by atoms with Crippen LogP contribution in [0.3, 0.4) is 0 Å². The van der Waals surface area contributed by atoms with E-state index in [1.165, 1.54) is 5.01 Å². The highest BCUT2D eigenvalue weighted by atomic mass is 19.1. The van der Waals surface area contributed by atoms with E-state index < -0.39 is 11.6 Å². The van der Waals surface area contributed by atoms with E-state index in [0.717, 1.165) is 18.2 Å². The van der Waals surface area contributed by atoms with Gasteiger partial charge in [0.25, 0.3) is 0 Å². The molecule has 2 heterocycles. The Bertz CT molecular complexity index is 853. The summed E-state index contributed by atoms with van der Waals surface area (Å²) < 4.78 is 26.6. The third kappa shape index (κ3) is 3.39. The van der Waals surface area contributed by atoms with Crippen molar-refractivity contribution in [2.24, 2.45) is 0 Å². The molecule has 5 nitrogen and oxygen atoms in total. The van der Waals surface area contributed by atoms with Gasteiger partial charge in [0.1, 0.15) is 17.3 Å². The highest BCUT2D eigenvalue weighted by Gasteiger charge is 2.36. The van der Waals surface area contributed by atoms with Crippen molar-refractivity contribution in [1.82, 2.24) is 15.6 Å². The van der Waals surface area contributed by atoms with Gasteiger partial charge in [0, 0.05) is 12.0 Å². The molecule has 1 aliphatic rings. The molecule has 1 fully saturated rings. The molecule has 24 heavy (non-hydrogen) atoms. The number of nitrogens with zero attached hydrogens (tertiary/aromatic N) is 3. The van der Waals surface area contributed by atoms with E-state index in [-0.39, 0.29) is 22.7 Å². The number of carbonyl (C=O) groups is 1. The van der Waals surface area contributed by atoms with Gasteiger partial charge in [0.15, 0.2) is 5.82 Å². The second kappa shape index (κ2) is 5.98. The first kappa shape index (κ1) is 16.0. The number of nitrogens with one attached hydrogen (secondary N) is 1. The molecule has 1 saturated heterocycles. The second-order valence-electron chi connectivity index (χ2n) is 6.05. The Labute approximate surface area is 137 Å². The molecule has 0 spiro atoms. The lowest BCUT2D eigenvalue weighted by molar-refractivity contribution is -0.117. The lowest BCUT2D eigenvalue weighted by atomic mass is 10.0. The number of hydrogen-bond acceptors (Lipinski definition) is 4. The Kier molecular flexibility index (Phi) is 3.99. The summed E-state index contributed by atoms with van der Waals surface area (Å²) >= 11 is 0. The molecule has 1 aliphatic heterocycles. The molecule has 1 aromatic heterocycles. The smallest absolute Gasteiger partial charge is 0.244 e. The predicted molar refractivity (Wildman–Crippen MR) is 83.7 cm³/mol. The topological polar surface area (TPSA) is 58.1 Å². The lowest BCUT2D eigenvalue weighted by Gasteiger charge is -2.20. The molecular weight excluding hydrogens is 314 g/mol. The number of benzene rings is 1. The van der Waals surface area contributed by atoms with Gasteiger partial charge in [0.05, 0.1) is 5.56 Å². The standard InChI is InChI=1S/C17H14F2N4O/c1-17(2)10-16(24)23(22-17)15-8-6-13(20-21-15)5-3-11-9-12(18)4-7-14(11)19/h4,6-9,22H,10H2,1-2H3. The zero-order valence-electron chi connectivity index (χ0n) is 13.1. The number of anilines is 1. The van der Waals surface area contributed by atoms with Crippen LogP contribution in [-0.4, -0.2) is 21.6 Å². The Morgan fingerprint density at radius 2 is 1.96 bits per heavy atom. The van der Waals surface area contributed by atoms with E-state index in [4.69, 9.17) is 0 Å². The molecule has 1 aromatic carbocycles. The third-order valence-corrected chi connectivity index (χ3v) is 3.39. The van der Waals surface area contributed by atoms with Gasteiger partial charge in [0.2, 0.25) is 5.91 Å². The average Bonchev–Trinajstić information content (AvgIpc) is 2.81. The molecule has 1 amide bonds. The normalized spacial score (nSPS) is 16.0. The summed E-state index contributed by atoms with van der Waals surface area (Å²) in [6.45, 7) is 3.82. The van der Waals surface area contributed by atoms with E-state index in [1.54, 1.807) is 12.1 Å². The highest BCUT2D eigenvalue weighted by Crippen LogP contribution is 2.22. The molecular formula is C17H14F2N4O. The number of carbonyl (C=O) groups excluding carboxylic acids is 1. The maximum Gasteiger partial charge on any atom is 0.244 e. The van der Waals surface area contributed by atoms with E-state index >= 15 is 0 Å². The summed E-state index contributed by atoms with van der Waals surface area (Å²) in [5.41, 5.74) is 2.93. The van der Waals surface area contributed by atoms with Crippen LogP contribution in [0.15, 0.2) is 30.3 Å². The monoisotopic (exact) mass is 328 g/mol. The van der Waals surface area contributed by atoms with E-state index in [2.05, 4.69) is 27.5 Å². The van der Waals surface area contributed by atoms with Gasteiger partial charge in [-0.15, -0.1) is 10.2 Å². The first-order valence-corrected chi connectivity index (χ1v) is 7.26. The first-order chi connectivity index (χ1) is 11.3. The van der Waals surface area contributed by atoms with Crippen molar-refractivity contribution >= 4 is 11.7 Å². The van der Waals surface area contributed by atoms with E-state index in [0.29, 0.717) is 12.2 Å². The molecule has 0 bridgehead atoms. The Balaban J connectivity index is 1.80. The predicted octanol–water partition coefficient (Wildman–Crippen LogP) is 2.17. The summed E-state index contributed by atoms with van der Waals surface area (Å²) in [4.78, 5) is 11.9. The Morgan fingerprint density at radius 3 is 2.58 bits per heavy atom. The van der Waals surface area contributed by atoms with Crippen molar-refractivity contribution in [3.8, 4) is 11.8 Å². The van der Waals surface area contributed by atoms with Gasteiger partial charge >= 0.3 is 0 Å². The highest BCUT2D eigenvalue weighted by molar-refractivity contribution is 5.94. The maximum atomic E-state index is 13.5. The maximum absolute atomic E-state index is 13.5. The molecule has 0 unspecified atom stereocenters. The molecule has 0 radical (unpaired) electrons. The molecule has 0 aliphatic carbocycles. The summed E-state index contributed by atoms with van der Waals surface area (Å²) in [5, 5.41) is 9.19. The molecule has 1 N–H and O–H groups in total.